The molecule has 0 saturated heterocycles. The second-order valence-corrected chi connectivity index (χ2v) is 5.69. The lowest BCUT2D eigenvalue weighted by Crippen LogP contribution is -2.27. The molecule has 0 saturated carbocycles. The minimum Gasteiger partial charge on any atom is -0.481 e. The van der Waals surface area contributed by atoms with E-state index >= 15 is 0 Å². The Morgan fingerprint density at radius 1 is 1.24 bits per heavy atom. The van der Waals surface area contributed by atoms with Gasteiger partial charge >= 0.3 is 0 Å². The average Bonchev–Trinajstić information content (AvgIpc) is 2.38. The number of non-ortho nitro benzene ring substituents is 1. The van der Waals surface area contributed by atoms with Crippen molar-refractivity contribution in [1.82, 2.24) is 4.98 Å². The minimum atomic E-state index is -0.808. The van der Waals surface area contributed by atoms with Gasteiger partial charge in [0.25, 0.3) is 5.69 Å². The van der Waals surface area contributed by atoms with Crippen molar-refractivity contribution in [3.05, 3.63) is 62.4 Å². The molecule has 1 aromatic carbocycles. The number of halogens is 2. The van der Waals surface area contributed by atoms with Crippen LogP contribution >= 0.6 is 23.2 Å². The van der Waals surface area contributed by atoms with E-state index in [1.165, 1.54) is 30.5 Å². The summed E-state index contributed by atoms with van der Waals surface area (Å²) in [6, 6.07) is 7.41. The van der Waals surface area contributed by atoms with Crippen molar-refractivity contribution >= 4 is 28.9 Å². The molecule has 0 radical (unpaired) electrons. The summed E-state index contributed by atoms with van der Waals surface area (Å²) < 4.78 is 5.83. The molecule has 110 valence electrons. The van der Waals surface area contributed by atoms with E-state index in [1.54, 1.807) is 19.9 Å². The first-order chi connectivity index (χ1) is 9.79. The molecule has 7 heteroatoms. The van der Waals surface area contributed by atoms with E-state index in [4.69, 9.17) is 27.9 Å². The molecule has 0 bridgehead atoms. The summed E-state index contributed by atoms with van der Waals surface area (Å²) in [5.74, 6) is 0.485. The highest BCUT2D eigenvalue weighted by molar-refractivity contribution is 6.34. The molecule has 0 unspecified atom stereocenters. The van der Waals surface area contributed by atoms with Gasteiger partial charge in [-0.1, -0.05) is 23.2 Å². The van der Waals surface area contributed by atoms with Crippen LogP contribution in [0.2, 0.25) is 10.0 Å². The van der Waals surface area contributed by atoms with E-state index in [9.17, 15) is 10.1 Å². The highest BCUT2D eigenvalue weighted by Gasteiger charge is 2.27. The predicted octanol–water partition coefficient (Wildman–Crippen LogP) is 4.61. The first-order valence-corrected chi connectivity index (χ1v) is 6.80. The maximum Gasteiger partial charge on any atom is 0.269 e. The lowest BCUT2D eigenvalue weighted by molar-refractivity contribution is -0.384. The van der Waals surface area contributed by atoms with Crippen molar-refractivity contribution in [2.45, 2.75) is 19.4 Å². The molecule has 0 aliphatic rings. The van der Waals surface area contributed by atoms with Gasteiger partial charge in [0.05, 0.1) is 15.0 Å². The fraction of sp³-hybridized carbons (Fsp3) is 0.214. The van der Waals surface area contributed by atoms with Crippen molar-refractivity contribution in [3.63, 3.8) is 0 Å². The van der Waals surface area contributed by atoms with Gasteiger partial charge in [-0.25, -0.2) is 0 Å². The zero-order valence-electron chi connectivity index (χ0n) is 11.3. The highest BCUT2D eigenvalue weighted by atomic mass is 35.5. The summed E-state index contributed by atoms with van der Waals surface area (Å²) in [7, 11) is 0. The van der Waals surface area contributed by atoms with Gasteiger partial charge in [0, 0.05) is 18.3 Å². The third-order valence-electron chi connectivity index (χ3n) is 2.80. The minimum absolute atomic E-state index is 0.00260. The summed E-state index contributed by atoms with van der Waals surface area (Å²) >= 11 is 12.0. The van der Waals surface area contributed by atoms with E-state index in [1.807, 2.05) is 0 Å². The number of hydrogen-bond donors (Lipinski definition) is 0. The molecule has 0 atom stereocenters. The van der Waals surface area contributed by atoms with Gasteiger partial charge in [-0.05, 0) is 32.0 Å². The molecule has 0 aliphatic carbocycles. The zero-order chi connectivity index (χ0) is 15.6. The fourth-order valence-electron chi connectivity index (χ4n) is 1.84. The van der Waals surface area contributed by atoms with E-state index in [-0.39, 0.29) is 5.69 Å². The predicted molar refractivity (Wildman–Crippen MR) is 81.0 cm³/mol. The van der Waals surface area contributed by atoms with Gasteiger partial charge in [0.15, 0.2) is 0 Å². The van der Waals surface area contributed by atoms with E-state index in [2.05, 4.69) is 4.98 Å². The zero-order valence-corrected chi connectivity index (χ0v) is 12.9. The lowest BCUT2D eigenvalue weighted by atomic mass is 10.0. The smallest absolute Gasteiger partial charge is 0.269 e. The van der Waals surface area contributed by atoms with Gasteiger partial charge in [0.2, 0.25) is 0 Å². The number of aromatic nitrogens is 1. The molecule has 1 heterocycles. The highest BCUT2D eigenvalue weighted by Crippen LogP contribution is 2.32. The largest absolute Gasteiger partial charge is 0.481 e. The number of pyridine rings is 1. The summed E-state index contributed by atoms with van der Waals surface area (Å²) in [5.41, 5.74) is -0.271. The summed E-state index contributed by atoms with van der Waals surface area (Å²) in [4.78, 5) is 14.3. The average molecular weight is 327 g/mol. The van der Waals surface area contributed by atoms with Gasteiger partial charge in [-0.2, -0.15) is 0 Å². The molecule has 21 heavy (non-hydrogen) atoms. The maximum absolute atomic E-state index is 10.6. The van der Waals surface area contributed by atoms with Gasteiger partial charge < -0.3 is 4.74 Å². The van der Waals surface area contributed by atoms with Crippen molar-refractivity contribution in [2.24, 2.45) is 0 Å². The number of nitro groups is 1. The molecule has 0 N–H and O–H groups in total. The van der Waals surface area contributed by atoms with Crippen molar-refractivity contribution < 1.29 is 9.66 Å². The number of nitrogens with zero attached hydrogens (tertiary/aromatic N) is 2. The van der Waals surface area contributed by atoms with Gasteiger partial charge in [-0.3, -0.25) is 15.1 Å². The molecule has 2 aromatic rings. The van der Waals surface area contributed by atoms with Crippen LogP contribution in [0.1, 0.15) is 19.5 Å². The van der Waals surface area contributed by atoms with Crippen molar-refractivity contribution in [1.29, 1.82) is 0 Å². The summed E-state index contributed by atoms with van der Waals surface area (Å²) in [6.07, 6.45) is 1.49. The Morgan fingerprint density at radius 2 is 1.86 bits per heavy atom. The Kier molecular flexibility index (Phi) is 4.34. The molecule has 0 amide bonds. The second kappa shape index (κ2) is 5.87. The number of nitro benzene ring substituents is 1. The van der Waals surface area contributed by atoms with E-state index in [0.717, 1.165) is 0 Å². The van der Waals surface area contributed by atoms with Crippen LogP contribution in [-0.2, 0) is 5.60 Å². The molecular formula is C14H12Cl2N2O3. The number of ether oxygens (including phenoxy) is 1. The van der Waals surface area contributed by atoms with Crippen LogP contribution in [0.4, 0.5) is 5.69 Å². The van der Waals surface area contributed by atoms with Gasteiger partial charge in [-0.15, -0.1) is 0 Å². The maximum atomic E-state index is 10.6. The van der Waals surface area contributed by atoms with Crippen LogP contribution in [0.5, 0.6) is 5.75 Å². The Bertz CT molecular complexity index is 672. The normalized spacial score (nSPS) is 11.2. The molecule has 2 rings (SSSR count). The third-order valence-corrected chi connectivity index (χ3v) is 3.29. The van der Waals surface area contributed by atoms with Crippen LogP contribution in [0.15, 0.2) is 36.5 Å². The molecular weight excluding hydrogens is 315 g/mol. The van der Waals surface area contributed by atoms with Gasteiger partial charge in [0.1, 0.15) is 17.0 Å². The summed E-state index contributed by atoms with van der Waals surface area (Å²) in [5, 5.41) is 11.5. The lowest BCUT2D eigenvalue weighted by Gasteiger charge is -2.26. The van der Waals surface area contributed by atoms with Crippen LogP contribution in [-0.4, -0.2) is 9.91 Å². The van der Waals surface area contributed by atoms with Crippen LogP contribution in [0.25, 0.3) is 0 Å². The first kappa shape index (κ1) is 15.5. The first-order valence-electron chi connectivity index (χ1n) is 6.04. The molecule has 0 fully saturated rings. The number of hydrogen-bond acceptors (Lipinski definition) is 4. The van der Waals surface area contributed by atoms with Crippen LogP contribution in [0, 0.1) is 10.1 Å². The number of benzene rings is 1. The molecule has 5 nitrogen and oxygen atoms in total. The van der Waals surface area contributed by atoms with E-state index in [0.29, 0.717) is 21.5 Å². The topological polar surface area (TPSA) is 65.3 Å². The number of rotatable bonds is 4. The fourth-order valence-corrected chi connectivity index (χ4v) is 2.44. The third kappa shape index (κ3) is 3.62. The standard InChI is InChI=1S/C14H12Cl2N2O3/c1-14(2,13-12(16)7-9(15)8-17-13)21-11-5-3-10(4-6-11)18(19)20/h3-8H,1-2H3. The Labute approximate surface area is 131 Å². The van der Waals surface area contributed by atoms with Crippen molar-refractivity contribution in [3.8, 4) is 5.75 Å². The summed E-state index contributed by atoms with van der Waals surface area (Å²) in [6.45, 7) is 3.60. The van der Waals surface area contributed by atoms with Crippen LogP contribution in [0.3, 0.4) is 0 Å². The Hall–Kier alpha value is -1.85. The molecule has 1 aromatic heterocycles. The SMILES string of the molecule is CC(C)(Oc1ccc([N+](=O)[O-])cc1)c1ncc(Cl)cc1Cl. The van der Waals surface area contributed by atoms with E-state index < -0.39 is 10.5 Å². The van der Waals surface area contributed by atoms with Crippen molar-refractivity contribution in [2.75, 3.05) is 0 Å². The monoisotopic (exact) mass is 326 g/mol. The molecule has 0 spiro atoms. The molecule has 0 aliphatic heterocycles. The quantitative estimate of drug-likeness (QED) is 0.607. The Morgan fingerprint density at radius 3 is 2.38 bits per heavy atom. The Balaban J connectivity index is 2.25. The van der Waals surface area contributed by atoms with Crippen LogP contribution < -0.4 is 4.74 Å². The second-order valence-electron chi connectivity index (χ2n) is 4.85.